The Kier molecular flexibility index (Phi) is 6.46. The molecule has 0 spiro atoms. The van der Waals surface area contributed by atoms with E-state index < -0.39 is 16.1 Å². The summed E-state index contributed by atoms with van der Waals surface area (Å²) in [7, 11) is -3.31. The van der Waals surface area contributed by atoms with Crippen molar-refractivity contribution in [3.63, 3.8) is 0 Å². The minimum absolute atomic E-state index is 0.0738. The third-order valence-corrected chi connectivity index (χ3v) is 6.56. The summed E-state index contributed by atoms with van der Waals surface area (Å²) < 4.78 is 25.9. The number of sulfonamides is 1. The quantitative estimate of drug-likeness (QED) is 0.773. The minimum Gasteiger partial charge on any atom is -0.353 e. The third-order valence-electron chi connectivity index (χ3n) is 3.74. The van der Waals surface area contributed by atoms with Crippen molar-refractivity contribution in [1.82, 2.24) is 9.62 Å². The summed E-state index contributed by atoms with van der Waals surface area (Å²) in [5, 5.41) is 2.62. The molecule has 1 aliphatic heterocycles. The summed E-state index contributed by atoms with van der Waals surface area (Å²) in [6.07, 6.45) is 0. The van der Waals surface area contributed by atoms with Crippen molar-refractivity contribution in [1.29, 1.82) is 0 Å². The first kappa shape index (κ1) is 18.3. The van der Waals surface area contributed by atoms with E-state index in [2.05, 4.69) is 5.32 Å². The lowest BCUT2D eigenvalue weighted by Crippen LogP contribution is -2.43. The summed E-state index contributed by atoms with van der Waals surface area (Å²) >= 11 is 1.75. The van der Waals surface area contributed by atoms with Crippen molar-refractivity contribution >= 4 is 27.7 Å². The van der Waals surface area contributed by atoms with Crippen LogP contribution in [0.2, 0.25) is 0 Å². The average molecular weight is 358 g/mol. The predicted octanol–water partition coefficient (Wildman–Crippen LogP) is 0.490. The molecule has 3 N–H and O–H groups in total. The molecule has 23 heavy (non-hydrogen) atoms. The second-order valence-electron chi connectivity index (χ2n) is 5.51. The van der Waals surface area contributed by atoms with Crippen molar-refractivity contribution in [3.8, 4) is 0 Å². The molecule has 0 radical (unpaired) electrons. The Labute approximate surface area is 141 Å². The fourth-order valence-corrected chi connectivity index (χ4v) is 4.78. The van der Waals surface area contributed by atoms with Crippen molar-refractivity contribution in [2.45, 2.75) is 13.0 Å². The molecule has 0 bridgehead atoms. The van der Waals surface area contributed by atoms with Crippen LogP contribution in [0.4, 0.5) is 0 Å². The number of amides is 1. The molecule has 0 aromatic heterocycles. The Morgan fingerprint density at radius 1 is 1.30 bits per heavy atom. The van der Waals surface area contributed by atoms with Crippen LogP contribution in [0.3, 0.4) is 0 Å². The maximum atomic E-state index is 12.2. The fraction of sp³-hybridized carbons (Fsp3) is 0.533. The molecule has 1 atom stereocenters. The van der Waals surface area contributed by atoms with Gasteiger partial charge in [-0.15, -0.1) is 0 Å². The molecule has 0 saturated carbocycles. The standard InChI is InChI=1S/C15H23N3O3S2/c1-12-2-4-13(5-3-12)14(16)15(19)17-6-11-23(20,21)18-7-9-22-10-8-18/h2-5,14H,6-11,16H2,1H3,(H,17,19). The summed E-state index contributed by atoms with van der Waals surface area (Å²) in [6.45, 7) is 3.12. The Hall–Kier alpha value is -1.09. The zero-order valence-corrected chi connectivity index (χ0v) is 14.8. The number of thioether (sulfide) groups is 1. The Morgan fingerprint density at radius 2 is 1.91 bits per heavy atom. The van der Waals surface area contributed by atoms with Gasteiger partial charge in [-0.3, -0.25) is 4.79 Å². The summed E-state index contributed by atoms with van der Waals surface area (Å²) in [6, 6.07) is 6.61. The first-order chi connectivity index (χ1) is 10.9. The van der Waals surface area contributed by atoms with Gasteiger partial charge in [-0.2, -0.15) is 11.8 Å². The monoisotopic (exact) mass is 357 g/mol. The van der Waals surface area contributed by atoms with Crippen LogP contribution in [-0.2, 0) is 14.8 Å². The van der Waals surface area contributed by atoms with Gasteiger partial charge in [0.15, 0.2) is 0 Å². The molecule has 1 amide bonds. The minimum atomic E-state index is -3.31. The maximum Gasteiger partial charge on any atom is 0.241 e. The number of nitrogens with one attached hydrogen (secondary N) is 1. The van der Waals surface area contributed by atoms with E-state index in [1.54, 1.807) is 11.8 Å². The second-order valence-corrected chi connectivity index (χ2v) is 8.82. The molecule has 1 fully saturated rings. The van der Waals surface area contributed by atoms with E-state index in [0.717, 1.165) is 17.1 Å². The van der Waals surface area contributed by atoms with Crippen LogP contribution < -0.4 is 11.1 Å². The predicted molar refractivity (Wildman–Crippen MR) is 93.8 cm³/mol. The van der Waals surface area contributed by atoms with Gasteiger partial charge in [0.05, 0.1) is 5.75 Å². The Bertz CT molecular complexity index is 626. The number of carbonyl (C=O) groups is 1. The number of carbonyl (C=O) groups excluding carboxylic acids is 1. The lowest BCUT2D eigenvalue weighted by Gasteiger charge is -2.25. The van der Waals surface area contributed by atoms with Gasteiger partial charge in [0.2, 0.25) is 15.9 Å². The Balaban J connectivity index is 1.83. The van der Waals surface area contributed by atoms with Crippen molar-refractivity contribution < 1.29 is 13.2 Å². The van der Waals surface area contributed by atoms with Gasteiger partial charge in [0.25, 0.3) is 0 Å². The van der Waals surface area contributed by atoms with Gasteiger partial charge in [0.1, 0.15) is 6.04 Å². The van der Waals surface area contributed by atoms with E-state index in [1.807, 2.05) is 31.2 Å². The molecule has 1 saturated heterocycles. The summed E-state index contributed by atoms with van der Waals surface area (Å²) in [5.74, 6) is 1.19. The van der Waals surface area contributed by atoms with Crippen molar-refractivity contribution in [3.05, 3.63) is 35.4 Å². The number of aryl methyl sites for hydroxylation is 1. The number of nitrogens with zero attached hydrogens (tertiary/aromatic N) is 1. The van der Waals surface area contributed by atoms with Crippen LogP contribution in [0.5, 0.6) is 0 Å². The Morgan fingerprint density at radius 3 is 2.52 bits per heavy atom. The molecule has 1 unspecified atom stereocenters. The van der Waals surface area contributed by atoms with Gasteiger partial charge in [-0.25, -0.2) is 12.7 Å². The second kappa shape index (κ2) is 8.14. The highest BCUT2D eigenvalue weighted by Gasteiger charge is 2.24. The lowest BCUT2D eigenvalue weighted by atomic mass is 10.1. The van der Waals surface area contributed by atoms with Crippen molar-refractivity contribution in [2.75, 3.05) is 36.9 Å². The SMILES string of the molecule is Cc1ccc(C(N)C(=O)NCCS(=O)(=O)N2CCSCC2)cc1. The van der Waals surface area contributed by atoms with Crippen LogP contribution in [0.1, 0.15) is 17.2 Å². The molecule has 2 rings (SSSR count). The van der Waals surface area contributed by atoms with Gasteiger partial charge in [-0.1, -0.05) is 29.8 Å². The van der Waals surface area contributed by atoms with E-state index in [0.29, 0.717) is 18.7 Å². The van der Waals surface area contributed by atoms with E-state index in [-0.39, 0.29) is 18.2 Å². The first-order valence-electron chi connectivity index (χ1n) is 7.55. The average Bonchev–Trinajstić information content (AvgIpc) is 2.55. The summed E-state index contributed by atoms with van der Waals surface area (Å²) in [5.41, 5.74) is 7.71. The number of hydrogen-bond donors (Lipinski definition) is 2. The van der Waals surface area contributed by atoms with Crippen LogP contribution >= 0.6 is 11.8 Å². The molecule has 1 aliphatic rings. The normalized spacial score (nSPS) is 17.7. The topological polar surface area (TPSA) is 92.5 Å². The fourth-order valence-electron chi connectivity index (χ4n) is 2.29. The molecule has 1 heterocycles. The molecule has 6 nitrogen and oxygen atoms in total. The van der Waals surface area contributed by atoms with Crippen LogP contribution in [0.15, 0.2) is 24.3 Å². The smallest absolute Gasteiger partial charge is 0.241 e. The summed E-state index contributed by atoms with van der Waals surface area (Å²) in [4.78, 5) is 12.0. The maximum absolute atomic E-state index is 12.2. The highest BCUT2D eigenvalue weighted by atomic mass is 32.2. The van der Waals surface area contributed by atoms with E-state index in [4.69, 9.17) is 5.73 Å². The molecule has 1 aromatic rings. The van der Waals surface area contributed by atoms with E-state index >= 15 is 0 Å². The van der Waals surface area contributed by atoms with Gasteiger partial charge < -0.3 is 11.1 Å². The number of rotatable bonds is 6. The molecule has 1 aromatic carbocycles. The zero-order chi connectivity index (χ0) is 16.9. The first-order valence-corrected chi connectivity index (χ1v) is 10.3. The van der Waals surface area contributed by atoms with Crippen LogP contribution in [0, 0.1) is 6.92 Å². The van der Waals surface area contributed by atoms with Gasteiger partial charge >= 0.3 is 0 Å². The number of benzene rings is 1. The molecular weight excluding hydrogens is 334 g/mol. The van der Waals surface area contributed by atoms with E-state index in [9.17, 15) is 13.2 Å². The van der Waals surface area contributed by atoms with Crippen LogP contribution in [-0.4, -0.2) is 55.5 Å². The zero-order valence-electron chi connectivity index (χ0n) is 13.2. The molecule has 0 aliphatic carbocycles. The number of nitrogens with two attached hydrogens (primary N) is 1. The van der Waals surface area contributed by atoms with Gasteiger partial charge in [0, 0.05) is 31.1 Å². The highest BCUT2D eigenvalue weighted by Crippen LogP contribution is 2.14. The van der Waals surface area contributed by atoms with E-state index in [1.165, 1.54) is 4.31 Å². The highest BCUT2D eigenvalue weighted by molar-refractivity contribution is 7.99. The number of hydrogen-bond acceptors (Lipinski definition) is 5. The molecular formula is C15H23N3O3S2. The lowest BCUT2D eigenvalue weighted by molar-refractivity contribution is -0.122. The van der Waals surface area contributed by atoms with Crippen LogP contribution in [0.25, 0.3) is 0 Å². The van der Waals surface area contributed by atoms with Gasteiger partial charge in [-0.05, 0) is 12.5 Å². The molecule has 8 heteroatoms. The third kappa shape index (κ3) is 5.20. The van der Waals surface area contributed by atoms with Crippen molar-refractivity contribution in [2.24, 2.45) is 5.73 Å². The molecule has 128 valence electrons. The largest absolute Gasteiger partial charge is 0.353 e.